The van der Waals surface area contributed by atoms with Crippen LogP contribution in [-0.4, -0.2) is 52.9 Å². The van der Waals surface area contributed by atoms with Gasteiger partial charge in [-0.1, -0.05) is 12.2 Å². The third kappa shape index (κ3) is 4.00. The number of hydrogen-bond donors (Lipinski definition) is 2. The number of hydrogen-bond acceptors (Lipinski definition) is 5. The van der Waals surface area contributed by atoms with Gasteiger partial charge in [0.05, 0.1) is 12.2 Å². The van der Waals surface area contributed by atoms with Crippen LogP contribution in [0.15, 0.2) is 18.3 Å². The molecule has 2 rings (SSSR count). The van der Waals surface area contributed by atoms with E-state index in [1.807, 2.05) is 0 Å². The van der Waals surface area contributed by atoms with Crippen LogP contribution < -0.4 is 5.32 Å². The van der Waals surface area contributed by atoms with E-state index in [0.717, 1.165) is 6.42 Å². The molecule has 2 amide bonds. The van der Waals surface area contributed by atoms with Gasteiger partial charge >= 0.3 is 5.97 Å². The summed E-state index contributed by atoms with van der Waals surface area (Å²) in [5.74, 6) is -1.12. The van der Waals surface area contributed by atoms with Gasteiger partial charge in [0.15, 0.2) is 0 Å². The molecule has 7 nitrogen and oxygen atoms in total. The fourth-order valence-corrected chi connectivity index (χ4v) is 2.93. The van der Waals surface area contributed by atoms with Crippen LogP contribution in [0.2, 0.25) is 0 Å². The van der Waals surface area contributed by atoms with Gasteiger partial charge < -0.3 is 19.9 Å². The number of nitrogens with zero attached hydrogens (tertiary/aromatic N) is 1. The molecule has 1 aliphatic rings. The lowest BCUT2D eigenvalue weighted by Crippen LogP contribution is -2.50. The number of rotatable bonds is 5. The molecule has 1 aromatic rings. The quantitative estimate of drug-likeness (QED) is 0.618. The monoisotopic (exact) mass is 351 g/mol. The number of aromatic amines is 1. The zero-order chi connectivity index (χ0) is 17.7. The number of likely N-dealkylation sites (tertiary alicyclic amines) is 1. The third-order valence-electron chi connectivity index (χ3n) is 3.88. The molecule has 0 bridgehead atoms. The van der Waals surface area contributed by atoms with Crippen LogP contribution in [0.5, 0.6) is 0 Å². The molecule has 0 saturated carbocycles. The Balaban J connectivity index is 2.04. The molecule has 0 aromatic carbocycles. The summed E-state index contributed by atoms with van der Waals surface area (Å²) in [6.45, 7) is 4.07. The van der Waals surface area contributed by atoms with Gasteiger partial charge in [-0.05, 0) is 38.8 Å². The second-order valence-corrected chi connectivity index (χ2v) is 5.96. The van der Waals surface area contributed by atoms with E-state index < -0.39 is 24.0 Å². The number of aromatic nitrogens is 1. The van der Waals surface area contributed by atoms with Crippen molar-refractivity contribution in [3.8, 4) is 0 Å². The van der Waals surface area contributed by atoms with Crippen molar-refractivity contribution in [2.45, 2.75) is 38.8 Å². The van der Waals surface area contributed by atoms with Crippen LogP contribution in [0.4, 0.5) is 0 Å². The van der Waals surface area contributed by atoms with E-state index in [1.54, 1.807) is 32.2 Å². The van der Waals surface area contributed by atoms with Crippen LogP contribution in [0.1, 0.15) is 37.0 Å². The van der Waals surface area contributed by atoms with Crippen molar-refractivity contribution < 1.29 is 19.1 Å². The van der Waals surface area contributed by atoms with E-state index in [1.165, 1.54) is 4.90 Å². The Kier molecular flexibility index (Phi) is 6.08. The molecule has 8 heteroatoms. The van der Waals surface area contributed by atoms with E-state index in [0.29, 0.717) is 23.2 Å². The van der Waals surface area contributed by atoms with Crippen LogP contribution in [-0.2, 0) is 14.3 Å². The molecule has 1 fully saturated rings. The average molecular weight is 351 g/mol. The number of carbonyl (C=O) groups excluding carboxylic acids is 3. The highest BCUT2D eigenvalue weighted by Gasteiger charge is 2.37. The molecule has 1 aromatic heterocycles. The molecule has 2 heterocycles. The van der Waals surface area contributed by atoms with Gasteiger partial charge in [-0.25, -0.2) is 4.79 Å². The molecule has 2 atom stereocenters. The van der Waals surface area contributed by atoms with Crippen LogP contribution in [0, 0.1) is 4.64 Å². The number of amides is 2. The lowest BCUT2D eigenvalue weighted by molar-refractivity contribution is -0.153. The maximum absolute atomic E-state index is 12.6. The summed E-state index contributed by atoms with van der Waals surface area (Å²) in [7, 11) is 0. The predicted molar refractivity (Wildman–Crippen MR) is 89.9 cm³/mol. The predicted octanol–water partition coefficient (Wildman–Crippen LogP) is 1.42. The SMILES string of the molecule is CCOC(=O)[C@@H]1CCCN1C(=O)[C@H](C)NC(=O)c1ccc[nH]c1=S. The van der Waals surface area contributed by atoms with E-state index in [4.69, 9.17) is 17.0 Å². The minimum atomic E-state index is -0.762. The van der Waals surface area contributed by atoms with Gasteiger partial charge in [0.25, 0.3) is 5.91 Å². The fraction of sp³-hybridized carbons (Fsp3) is 0.500. The van der Waals surface area contributed by atoms with Gasteiger partial charge in [0.2, 0.25) is 5.91 Å². The summed E-state index contributed by atoms with van der Waals surface area (Å²) in [5, 5.41) is 2.64. The second kappa shape index (κ2) is 8.05. The molecule has 0 aliphatic carbocycles. The Morgan fingerprint density at radius 2 is 2.25 bits per heavy atom. The van der Waals surface area contributed by atoms with Gasteiger partial charge in [-0.3, -0.25) is 9.59 Å². The Morgan fingerprint density at radius 3 is 2.92 bits per heavy atom. The molecule has 1 saturated heterocycles. The molecule has 0 spiro atoms. The van der Waals surface area contributed by atoms with Crippen LogP contribution in [0.3, 0.4) is 0 Å². The molecule has 1 aliphatic heterocycles. The van der Waals surface area contributed by atoms with Gasteiger partial charge in [-0.2, -0.15) is 0 Å². The summed E-state index contributed by atoms with van der Waals surface area (Å²) >= 11 is 5.06. The Labute approximate surface area is 145 Å². The highest BCUT2D eigenvalue weighted by molar-refractivity contribution is 7.71. The molecule has 24 heavy (non-hydrogen) atoms. The average Bonchev–Trinajstić information content (AvgIpc) is 3.04. The third-order valence-corrected chi connectivity index (χ3v) is 4.21. The molecule has 0 unspecified atom stereocenters. The zero-order valence-electron chi connectivity index (χ0n) is 13.7. The highest BCUT2D eigenvalue weighted by atomic mass is 32.1. The van der Waals surface area contributed by atoms with E-state index >= 15 is 0 Å². The standard InChI is InChI=1S/C16H21N3O4S/c1-3-23-16(22)12-7-5-9-19(12)15(21)10(2)18-13(20)11-6-4-8-17-14(11)24/h4,6,8,10,12H,3,5,7,9H2,1-2H3,(H,17,24)(H,18,20)/t10-,12-/m0/s1. The first kappa shape index (κ1) is 18.1. The number of H-pyrrole nitrogens is 1. The number of ether oxygens (including phenoxy) is 1. The summed E-state index contributed by atoms with van der Waals surface area (Å²) in [5.41, 5.74) is 0.301. The van der Waals surface area contributed by atoms with Crippen molar-refractivity contribution in [3.63, 3.8) is 0 Å². The van der Waals surface area contributed by atoms with Crippen molar-refractivity contribution in [2.75, 3.05) is 13.2 Å². The minimum Gasteiger partial charge on any atom is -0.464 e. The zero-order valence-corrected chi connectivity index (χ0v) is 14.5. The molecular weight excluding hydrogens is 330 g/mol. The number of pyridine rings is 1. The second-order valence-electron chi connectivity index (χ2n) is 5.55. The number of carbonyl (C=O) groups is 3. The maximum atomic E-state index is 12.6. The Morgan fingerprint density at radius 1 is 1.50 bits per heavy atom. The van der Waals surface area contributed by atoms with Crippen molar-refractivity contribution in [1.29, 1.82) is 0 Å². The molecule has 2 N–H and O–H groups in total. The largest absolute Gasteiger partial charge is 0.464 e. The minimum absolute atomic E-state index is 0.274. The van der Waals surface area contributed by atoms with Crippen molar-refractivity contribution in [3.05, 3.63) is 28.5 Å². The first-order valence-electron chi connectivity index (χ1n) is 7.91. The van der Waals surface area contributed by atoms with Crippen molar-refractivity contribution in [1.82, 2.24) is 15.2 Å². The number of esters is 1. The Bertz CT molecular complexity index is 688. The summed E-state index contributed by atoms with van der Waals surface area (Å²) < 4.78 is 5.32. The maximum Gasteiger partial charge on any atom is 0.328 e. The van der Waals surface area contributed by atoms with Crippen molar-refractivity contribution in [2.24, 2.45) is 0 Å². The van der Waals surface area contributed by atoms with Crippen molar-refractivity contribution >= 4 is 30.0 Å². The molecule has 130 valence electrons. The first-order valence-corrected chi connectivity index (χ1v) is 8.32. The summed E-state index contributed by atoms with van der Waals surface area (Å²) in [4.78, 5) is 41.0. The molecule has 0 radical (unpaired) electrons. The Hall–Kier alpha value is -2.22. The van der Waals surface area contributed by atoms with Gasteiger partial charge in [0, 0.05) is 12.7 Å². The van der Waals surface area contributed by atoms with Crippen LogP contribution in [0.25, 0.3) is 0 Å². The van der Waals surface area contributed by atoms with Crippen LogP contribution >= 0.6 is 12.2 Å². The van der Waals surface area contributed by atoms with E-state index in [2.05, 4.69) is 10.3 Å². The van der Waals surface area contributed by atoms with E-state index in [-0.39, 0.29) is 12.5 Å². The summed E-state index contributed by atoms with van der Waals surface area (Å²) in [6.07, 6.45) is 2.94. The lowest BCUT2D eigenvalue weighted by Gasteiger charge is -2.26. The topological polar surface area (TPSA) is 91.5 Å². The normalized spacial score (nSPS) is 18.1. The fourth-order valence-electron chi connectivity index (χ4n) is 2.70. The first-order chi connectivity index (χ1) is 11.5. The van der Waals surface area contributed by atoms with Gasteiger partial charge in [-0.15, -0.1) is 0 Å². The lowest BCUT2D eigenvalue weighted by atomic mass is 10.2. The number of nitrogens with one attached hydrogen (secondary N) is 2. The highest BCUT2D eigenvalue weighted by Crippen LogP contribution is 2.19. The molecular formula is C16H21N3O4S. The van der Waals surface area contributed by atoms with E-state index in [9.17, 15) is 14.4 Å². The van der Waals surface area contributed by atoms with Gasteiger partial charge in [0.1, 0.15) is 16.7 Å². The smallest absolute Gasteiger partial charge is 0.328 e. The summed E-state index contributed by atoms with van der Waals surface area (Å²) in [6, 6.07) is 1.91.